The van der Waals surface area contributed by atoms with Gasteiger partial charge in [0.15, 0.2) is 8.24 Å². The maximum absolute atomic E-state index is 15.6. The number of nitrogens with one attached hydrogen (secondary N) is 1. The molecule has 0 radical (unpaired) electrons. The number of alkyl halides is 3. The lowest BCUT2D eigenvalue weighted by atomic mass is 9.99. The van der Waals surface area contributed by atoms with Gasteiger partial charge in [-0.2, -0.15) is 0 Å². The zero-order valence-corrected chi connectivity index (χ0v) is 25.5. The molecule has 2 aliphatic carbocycles. The van der Waals surface area contributed by atoms with E-state index in [9.17, 15) is 22.2 Å². The molecule has 2 aliphatic rings. The van der Waals surface area contributed by atoms with Crippen molar-refractivity contribution in [3.63, 3.8) is 0 Å². The minimum absolute atomic E-state index is 0.00321. The van der Waals surface area contributed by atoms with Crippen LogP contribution in [-0.2, 0) is 16.5 Å². The lowest BCUT2D eigenvalue weighted by Crippen LogP contribution is -2.60. The Morgan fingerprint density at radius 1 is 1.07 bits per heavy atom. The molecule has 0 heterocycles. The van der Waals surface area contributed by atoms with Gasteiger partial charge in [-0.3, -0.25) is 8.77 Å². The normalized spacial score (nSPS) is 17.8. The third kappa shape index (κ3) is 6.60. The Hall–Kier alpha value is -2.31. The van der Waals surface area contributed by atoms with Gasteiger partial charge in [0.1, 0.15) is 33.8 Å². The van der Waals surface area contributed by atoms with Crippen LogP contribution in [0.3, 0.4) is 0 Å². The fourth-order valence-corrected chi connectivity index (χ4v) is 11.2. The van der Waals surface area contributed by atoms with Crippen molar-refractivity contribution in [2.24, 2.45) is 0 Å². The van der Waals surface area contributed by atoms with E-state index in [2.05, 4.69) is 4.74 Å². The Morgan fingerprint density at radius 3 is 2.20 bits per heavy atom. The number of carbonyl (C=O) groups is 1. The van der Waals surface area contributed by atoms with E-state index in [0.717, 1.165) is 25.0 Å². The molecule has 1 amide bonds. The molecular formula is C27H33ClF4N2O4SSi. The molecule has 2 aromatic rings. The highest BCUT2D eigenvalue weighted by Gasteiger charge is 2.52. The average Bonchev–Trinajstić information content (AvgIpc) is 3.67. The Morgan fingerprint density at radius 2 is 1.68 bits per heavy atom. The zero-order valence-electron chi connectivity index (χ0n) is 23.0. The van der Waals surface area contributed by atoms with Crippen molar-refractivity contribution in [1.29, 1.82) is 4.78 Å². The number of rotatable bonds is 9. The first-order chi connectivity index (χ1) is 18.3. The van der Waals surface area contributed by atoms with Crippen LogP contribution >= 0.6 is 11.6 Å². The van der Waals surface area contributed by atoms with Crippen molar-refractivity contribution < 1.29 is 36.0 Å². The number of nitrogens with zero attached hydrogens (tertiary/aromatic N) is 1. The highest BCUT2D eigenvalue weighted by atomic mass is 35.5. The van der Waals surface area contributed by atoms with Gasteiger partial charge in [0, 0.05) is 11.1 Å². The Labute approximate surface area is 238 Å². The highest BCUT2D eigenvalue weighted by molar-refractivity contribution is 7.93. The molecule has 40 heavy (non-hydrogen) atoms. The fourth-order valence-electron chi connectivity index (χ4n) is 4.34. The van der Waals surface area contributed by atoms with Crippen molar-refractivity contribution in [2.75, 3.05) is 0 Å². The van der Waals surface area contributed by atoms with Crippen molar-refractivity contribution in [3.05, 3.63) is 57.9 Å². The third-order valence-electron chi connectivity index (χ3n) is 7.72. The highest BCUT2D eigenvalue weighted by Crippen LogP contribution is 2.46. The number of hydrogen-bond acceptors (Lipinski definition) is 5. The van der Waals surface area contributed by atoms with Gasteiger partial charge in [-0.05, 0) is 72.0 Å². The molecule has 1 atom stereocenters. The molecular weight excluding hydrogens is 588 g/mol. The molecule has 0 aromatic heterocycles. The van der Waals surface area contributed by atoms with E-state index in [-0.39, 0.29) is 28.9 Å². The van der Waals surface area contributed by atoms with Gasteiger partial charge in [0.2, 0.25) is 0 Å². The van der Waals surface area contributed by atoms with E-state index < -0.39 is 52.3 Å². The number of benzene rings is 2. The molecule has 13 heteroatoms. The molecule has 0 saturated heterocycles. The maximum atomic E-state index is 15.6. The van der Waals surface area contributed by atoms with E-state index in [1.165, 1.54) is 22.2 Å². The largest absolute Gasteiger partial charge is 0.573 e. The SMILES string of the molecule is CC(C)(C)[Si](C)(C)N(C(=O)c1cc(C2CC2)c(COc2cc(Cl)cc(OC(F)(F)F)c2)cc1F)S(=N)(=O)C1CC1. The quantitative estimate of drug-likeness (QED) is 0.225. The van der Waals surface area contributed by atoms with E-state index in [0.29, 0.717) is 24.0 Å². The summed E-state index contributed by atoms with van der Waals surface area (Å²) in [6.07, 6.45) is -2.10. The molecule has 220 valence electrons. The van der Waals surface area contributed by atoms with Crippen molar-refractivity contribution in [1.82, 2.24) is 3.97 Å². The summed E-state index contributed by atoms with van der Waals surface area (Å²) in [5.41, 5.74) is 0.874. The molecule has 2 aromatic carbocycles. The van der Waals surface area contributed by atoms with Crippen LogP contribution in [0.1, 0.15) is 73.9 Å². The topological polar surface area (TPSA) is 79.7 Å². The maximum Gasteiger partial charge on any atom is 0.573 e. The van der Waals surface area contributed by atoms with Gasteiger partial charge in [0.05, 0.1) is 10.8 Å². The van der Waals surface area contributed by atoms with Crippen molar-refractivity contribution in [2.45, 2.75) is 88.7 Å². The second kappa shape index (κ2) is 10.5. The first kappa shape index (κ1) is 30.6. The number of hydrogen-bond donors (Lipinski definition) is 1. The van der Waals surface area contributed by atoms with Gasteiger partial charge in [0.25, 0.3) is 5.91 Å². The third-order valence-corrected chi connectivity index (χ3v) is 17.1. The number of ether oxygens (including phenoxy) is 2. The molecule has 4 rings (SSSR count). The molecule has 6 nitrogen and oxygen atoms in total. The van der Waals surface area contributed by atoms with E-state index in [4.69, 9.17) is 21.1 Å². The van der Waals surface area contributed by atoms with Gasteiger partial charge in [-0.1, -0.05) is 45.5 Å². The van der Waals surface area contributed by atoms with Crippen LogP contribution in [0.4, 0.5) is 17.6 Å². The number of amides is 1. The van der Waals surface area contributed by atoms with E-state index >= 15 is 4.39 Å². The Bertz CT molecular complexity index is 1420. The molecule has 0 spiro atoms. The Balaban J connectivity index is 1.68. The molecule has 1 unspecified atom stereocenters. The summed E-state index contributed by atoms with van der Waals surface area (Å²) in [5, 5.41) is -0.893. The van der Waals surface area contributed by atoms with Crippen LogP contribution in [0.2, 0.25) is 23.2 Å². The minimum atomic E-state index is -4.91. The monoisotopic (exact) mass is 620 g/mol. The van der Waals surface area contributed by atoms with Gasteiger partial charge in [-0.15, -0.1) is 13.2 Å². The zero-order chi connectivity index (χ0) is 29.8. The van der Waals surface area contributed by atoms with Crippen molar-refractivity contribution >= 4 is 35.7 Å². The molecule has 1 N–H and O–H groups in total. The fraction of sp³-hybridized carbons (Fsp3) is 0.519. The van der Waals surface area contributed by atoms with Gasteiger partial charge in [-0.25, -0.2) is 13.4 Å². The summed E-state index contributed by atoms with van der Waals surface area (Å²) in [6, 6.07) is 6.00. The summed E-state index contributed by atoms with van der Waals surface area (Å²) >= 11 is 5.93. The first-order valence-electron chi connectivity index (χ1n) is 12.9. The number of halogens is 5. The van der Waals surface area contributed by atoms with Crippen LogP contribution in [0, 0.1) is 10.6 Å². The van der Waals surface area contributed by atoms with E-state index in [1.807, 2.05) is 33.9 Å². The summed E-state index contributed by atoms with van der Waals surface area (Å²) in [6.45, 7) is 9.39. The van der Waals surface area contributed by atoms with E-state index in [1.54, 1.807) is 0 Å². The molecule has 0 aliphatic heterocycles. The lowest BCUT2D eigenvalue weighted by Gasteiger charge is -2.46. The first-order valence-corrected chi connectivity index (χ1v) is 17.9. The molecule has 2 fully saturated rings. The smallest absolute Gasteiger partial charge is 0.489 e. The van der Waals surface area contributed by atoms with Crippen LogP contribution < -0.4 is 9.47 Å². The second-order valence-electron chi connectivity index (χ2n) is 11.9. The van der Waals surface area contributed by atoms with Crippen LogP contribution in [0.15, 0.2) is 30.3 Å². The van der Waals surface area contributed by atoms with Crippen LogP contribution in [0.5, 0.6) is 11.5 Å². The molecule has 2 saturated carbocycles. The lowest BCUT2D eigenvalue weighted by molar-refractivity contribution is -0.274. The summed E-state index contributed by atoms with van der Waals surface area (Å²) in [5.74, 6) is -2.08. The van der Waals surface area contributed by atoms with Gasteiger partial charge < -0.3 is 9.47 Å². The summed E-state index contributed by atoms with van der Waals surface area (Å²) < 4.78 is 87.0. The van der Waals surface area contributed by atoms with Gasteiger partial charge >= 0.3 is 6.36 Å². The predicted molar refractivity (Wildman–Crippen MR) is 148 cm³/mol. The number of carbonyl (C=O) groups excluding carboxylic acids is 1. The minimum Gasteiger partial charge on any atom is -0.489 e. The molecule has 0 bridgehead atoms. The van der Waals surface area contributed by atoms with Crippen LogP contribution in [0.25, 0.3) is 0 Å². The Kier molecular flexibility index (Phi) is 8.05. The summed E-state index contributed by atoms with van der Waals surface area (Å²) in [7, 11) is -6.34. The van der Waals surface area contributed by atoms with Crippen LogP contribution in [-0.4, -0.2) is 33.9 Å². The standard InChI is InChI=1S/C27H33ClF4N2O4SSi/c1-26(2,3)40(4,5)34(39(33,36)21-8-9-21)25(35)23-14-22(16-6-7-16)17(10-24(23)29)15-37-19-11-18(28)12-20(13-19)38-27(30,31)32/h10-14,16,21,33H,6-9,15H2,1-5H3. The van der Waals surface area contributed by atoms with Crippen molar-refractivity contribution in [3.8, 4) is 11.5 Å². The average molecular weight is 621 g/mol. The predicted octanol–water partition coefficient (Wildman–Crippen LogP) is 8.41. The second-order valence-corrected chi connectivity index (χ2v) is 19.9. The summed E-state index contributed by atoms with van der Waals surface area (Å²) in [4.78, 5) is 14.0.